The average Bonchev–Trinajstić information content (AvgIpc) is 2.42. The second-order valence-electron chi connectivity index (χ2n) is 4.00. The maximum Gasteiger partial charge on any atom is 0.127 e. The second kappa shape index (κ2) is 7.82. The summed E-state index contributed by atoms with van der Waals surface area (Å²) in [6.45, 7) is 5.98. The molecule has 1 aromatic carbocycles. The van der Waals surface area contributed by atoms with Gasteiger partial charge in [0, 0.05) is 24.7 Å². The molecule has 1 atom stereocenters. The molecule has 1 aromatic rings. The van der Waals surface area contributed by atoms with E-state index < -0.39 is 0 Å². The van der Waals surface area contributed by atoms with Crippen LogP contribution >= 0.6 is 0 Å². The van der Waals surface area contributed by atoms with Crippen LogP contribution in [0.4, 0.5) is 0 Å². The molecule has 4 nitrogen and oxygen atoms in total. The first kappa shape index (κ1) is 14.6. The van der Waals surface area contributed by atoms with Crippen molar-refractivity contribution in [3.8, 4) is 17.2 Å². The molecule has 0 amide bonds. The third-order valence-electron chi connectivity index (χ3n) is 2.71. The van der Waals surface area contributed by atoms with Crippen LogP contribution in [0.3, 0.4) is 0 Å². The van der Waals surface area contributed by atoms with Gasteiger partial charge in [-0.15, -0.1) is 0 Å². The minimum absolute atomic E-state index is 0.154. The number of benzene rings is 1. The summed E-state index contributed by atoms with van der Waals surface area (Å²) in [7, 11) is 3.27. The quantitative estimate of drug-likeness (QED) is 0.772. The van der Waals surface area contributed by atoms with Gasteiger partial charge in [-0.2, -0.15) is 0 Å². The Kier molecular flexibility index (Phi) is 6.36. The lowest BCUT2D eigenvalue weighted by Gasteiger charge is -2.18. The van der Waals surface area contributed by atoms with Crippen molar-refractivity contribution in [2.24, 2.45) is 0 Å². The molecular weight excluding hydrogens is 230 g/mol. The molecule has 0 aliphatic heterocycles. The average molecular weight is 253 g/mol. The summed E-state index contributed by atoms with van der Waals surface area (Å²) in [4.78, 5) is 0. The van der Waals surface area contributed by atoms with Crippen LogP contribution in [0.2, 0.25) is 0 Å². The number of methoxy groups -OCH3 is 2. The van der Waals surface area contributed by atoms with E-state index in [4.69, 9.17) is 14.2 Å². The maximum atomic E-state index is 5.93. The molecule has 0 saturated heterocycles. The lowest BCUT2D eigenvalue weighted by atomic mass is 10.2. The Morgan fingerprint density at radius 3 is 2.00 bits per heavy atom. The molecule has 0 bridgehead atoms. The maximum absolute atomic E-state index is 5.93. The molecule has 0 aliphatic carbocycles. The smallest absolute Gasteiger partial charge is 0.127 e. The predicted octanol–water partition coefficient (Wildman–Crippen LogP) is 2.47. The van der Waals surface area contributed by atoms with Crippen LogP contribution in [0, 0.1) is 0 Å². The third kappa shape index (κ3) is 4.45. The highest BCUT2D eigenvalue weighted by Crippen LogP contribution is 2.28. The molecule has 1 N–H and O–H groups in total. The first-order chi connectivity index (χ1) is 8.73. The van der Waals surface area contributed by atoms with Gasteiger partial charge in [-0.3, -0.25) is 0 Å². The lowest BCUT2D eigenvalue weighted by Crippen LogP contribution is -2.30. The van der Waals surface area contributed by atoms with E-state index in [0.717, 1.165) is 36.8 Å². The van der Waals surface area contributed by atoms with Crippen LogP contribution in [-0.2, 0) is 0 Å². The predicted molar refractivity (Wildman–Crippen MR) is 72.8 cm³/mol. The zero-order valence-corrected chi connectivity index (χ0v) is 11.7. The summed E-state index contributed by atoms with van der Waals surface area (Å²) < 4.78 is 16.4. The van der Waals surface area contributed by atoms with E-state index in [-0.39, 0.29) is 6.10 Å². The van der Waals surface area contributed by atoms with E-state index in [9.17, 15) is 0 Å². The van der Waals surface area contributed by atoms with Gasteiger partial charge in [0.1, 0.15) is 23.4 Å². The van der Waals surface area contributed by atoms with Crippen molar-refractivity contribution in [1.29, 1.82) is 0 Å². The fourth-order valence-corrected chi connectivity index (χ4v) is 1.62. The van der Waals surface area contributed by atoms with Crippen molar-refractivity contribution in [3.63, 3.8) is 0 Å². The van der Waals surface area contributed by atoms with Gasteiger partial charge >= 0.3 is 0 Å². The van der Waals surface area contributed by atoms with Crippen LogP contribution in [-0.4, -0.2) is 33.4 Å². The Labute approximate surface area is 109 Å². The van der Waals surface area contributed by atoms with Crippen molar-refractivity contribution in [3.05, 3.63) is 18.2 Å². The summed E-state index contributed by atoms with van der Waals surface area (Å²) in [5, 5.41) is 3.29. The Balaban J connectivity index is 2.74. The molecule has 0 radical (unpaired) electrons. The van der Waals surface area contributed by atoms with Gasteiger partial charge in [0.25, 0.3) is 0 Å². The van der Waals surface area contributed by atoms with E-state index in [0.29, 0.717) is 0 Å². The molecule has 1 rings (SSSR count). The number of ether oxygens (including phenoxy) is 3. The fraction of sp³-hybridized carbons (Fsp3) is 0.571. The van der Waals surface area contributed by atoms with Crippen molar-refractivity contribution in [2.75, 3.05) is 27.3 Å². The Morgan fingerprint density at radius 1 is 1.00 bits per heavy atom. The highest BCUT2D eigenvalue weighted by atomic mass is 16.5. The summed E-state index contributed by atoms with van der Waals surface area (Å²) in [6.07, 6.45) is 1.11. The second-order valence-corrected chi connectivity index (χ2v) is 4.00. The van der Waals surface area contributed by atoms with Crippen molar-refractivity contribution < 1.29 is 14.2 Å². The monoisotopic (exact) mass is 253 g/mol. The Morgan fingerprint density at radius 2 is 1.56 bits per heavy atom. The zero-order valence-electron chi connectivity index (χ0n) is 11.7. The lowest BCUT2D eigenvalue weighted by molar-refractivity contribution is 0.193. The molecule has 1 unspecified atom stereocenters. The number of hydrogen-bond donors (Lipinski definition) is 1. The molecule has 0 aromatic heterocycles. The molecule has 0 saturated carbocycles. The summed E-state index contributed by atoms with van der Waals surface area (Å²) >= 11 is 0. The van der Waals surface area contributed by atoms with E-state index in [1.54, 1.807) is 14.2 Å². The Hall–Kier alpha value is -1.42. The van der Waals surface area contributed by atoms with Crippen LogP contribution < -0.4 is 19.5 Å². The topological polar surface area (TPSA) is 39.7 Å². The Bertz CT molecular complexity index is 333. The van der Waals surface area contributed by atoms with E-state index in [2.05, 4.69) is 19.2 Å². The van der Waals surface area contributed by atoms with Crippen molar-refractivity contribution in [2.45, 2.75) is 26.4 Å². The van der Waals surface area contributed by atoms with Crippen molar-refractivity contribution in [1.82, 2.24) is 5.32 Å². The van der Waals surface area contributed by atoms with Gasteiger partial charge in [-0.25, -0.2) is 0 Å². The zero-order chi connectivity index (χ0) is 13.4. The first-order valence-corrected chi connectivity index (χ1v) is 6.33. The van der Waals surface area contributed by atoms with Gasteiger partial charge in [0.15, 0.2) is 0 Å². The highest BCUT2D eigenvalue weighted by Gasteiger charge is 2.09. The largest absolute Gasteiger partial charge is 0.496 e. The third-order valence-corrected chi connectivity index (χ3v) is 2.71. The standard InChI is InChI=1S/C14H23NO3/c1-5-11(10-15-6-2)18-14-8-12(16-3)7-13(9-14)17-4/h7-9,11,15H,5-6,10H2,1-4H3. The van der Waals surface area contributed by atoms with E-state index in [1.165, 1.54) is 0 Å². The van der Waals surface area contributed by atoms with Gasteiger partial charge in [0.2, 0.25) is 0 Å². The number of likely N-dealkylation sites (N-methyl/N-ethyl adjacent to an activating group) is 1. The van der Waals surface area contributed by atoms with Crippen LogP contribution in [0.25, 0.3) is 0 Å². The molecule has 0 aliphatic rings. The molecule has 102 valence electrons. The number of hydrogen-bond acceptors (Lipinski definition) is 4. The summed E-state index contributed by atoms with van der Waals surface area (Å²) in [6, 6.07) is 5.58. The minimum atomic E-state index is 0.154. The van der Waals surface area contributed by atoms with E-state index >= 15 is 0 Å². The molecular formula is C14H23NO3. The van der Waals surface area contributed by atoms with Crippen molar-refractivity contribution >= 4 is 0 Å². The van der Waals surface area contributed by atoms with Gasteiger partial charge in [-0.05, 0) is 13.0 Å². The molecule has 0 spiro atoms. The summed E-state index contributed by atoms with van der Waals surface area (Å²) in [5.74, 6) is 2.25. The minimum Gasteiger partial charge on any atom is -0.496 e. The van der Waals surface area contributed by atoms with Gasteiger partial charge in [0.05, 0.1) is 14.2 Å². The first-order valence-electron chi connectivity index (χ1n) is 6.33. The number of rotatable bonds is 8. The molecule has 4 heteroatoms. The van der Waals surface area contributed by atoms with Gasteiger partial charge in [-0.1, -0.05) is 13.8 Å². The molecule has 0 heterocycles. The van der Waals surface area contributed by atoms with E-state index in [1.807, 2.05) is 18.2 Å². The van der Waals surface area contributed by atoms with Crippen LogP contribution in [0.5, 0.6) is 17.2 Å². The molecule has 18 heavy (non-hydrogen) atoms. The molecule has 0 fully saturated rings. The number of nitrogens with one attached hydrogen (secondary N) is 1. The van der Waals surface area contributed by atoms with Crippen LogP contribution in [0.1, 0.15) is 20.3 Å². The van der Waals surface area contributed by atoms with Crippen LogP contribution in [0.15, 0.2) is 18.2 Å². The summed E-state index contributed by atoms with van der Waals surface area (Å²) in [5.41, 5.74) is 0. The van der Waals surface area contributed by atoms with Gasteiger partial charge < -0.3 is 19.5 Å². The SMILES string of the molecule is CCNCC(CC)Oc1cc(OC)cc(OC)c1. The fourth-order valence-electron chi connectivity index (χ4n) is 1.62. The normalized spacial score (nSPS) is 12.0. The highest BCUT2D eigenvalue weighted by molar-refractivity contribution is 5.42.